The van der Waals surface area contributed by atoms with Crippen LogP contribution in [0, 0.1) is 17.1 Å². The maximum absolute atomic E-state index is 12.9. The number of nitrogens with two attached hydrogens (primary N) is 1. The van der Waals surface area contributed by atoms with Gasteiger partial charge in [-0.25, -0.2) is 4.39 Å². The molecule has 1 unspecified atom stereocenters. The number of amidine groups is 1. The molecule has 0 bridgehead atoms. The van der Waals surface area contributed by atoms with Crippen LogP contribution in [-0.4, -0.2) is 25.6 Å². The van der Waals surface area contributed by atoms with Gasteiger partial charge in [0.2, 0.25) is 0 Å². The van der Waals surface area contributed by atoms with E-state index in [-0.39, 0.29) is 0 Å². The number of nitrogens with one attached hydrogen (secondary N) is 1. The van der Waals surface area contributed by atoms with E-state index in [0.717, 1.165) is 6.07 Å². The molecule has 0 fully saturated rings. The van der Waals surface area contributed by atoms with Crippen molar-refractivity contribution in [3.63, 3.8) is 0 Å². The van der Waals surface area contributed by atoms with Gasteiger partial charge in [-0.1, -0.05) is 6.07 Å². The normalized spacial score (nSPS) is 13.2. The first kappa shape index (κ1) is 14.3. The van der Waals surface area contributed by atoms with Crippen LogP contribution >= 0.6 is 0 Å². The fourth-order valence-electron chi connectivity index (χ4n) is 1.47. The van der Waals surface area contributed by atoms with Gasteiger partial charge >= 0.3 is 6.18 Å². The standard InChI is InChI=1S/C11H13F4N3/c1-18(8-4-2-3-7(12)5-8)6-9(10(16)17)11(13,14)15/h2-5,9H,6H2,1H3,(H3,16,17). The molecule has 18 heavy (non-hydrogen) atoms. The molecule has 0 spiro atoms. The highest BCUT2D eigenvalue weighted by Crippen LogP contribution is 2.28. The second-order valence-corrected chi connectivity index (χ2v) is 3.91. The number of alkyl halides is 3. The minimum Gasteiger partial charge on any atom is -0.387 e. The Morgan fingerprint density at radius 2 is 2.06 bits per heavy atom. The summed E-state index contributed by atoms with van der Waals surface area (Å²) in [5.74, 6) is -3.55. The fourth-order valence-corrected chi connectivity index (χ4v) is 1.47. The van der Waals surface area contributed by atoms with E-state index in [9.17, 15) is 17.6 Å². The Balaban J connectivity index is 2.85. The Morgan fingerprint density at radius 3 is 2.50 bits per heavy atom. The Morgan fingerprint density at radius 1 is 1.44 bits per heavy atom. The zero-order valence-corrected chi connectivity index (χ0v) is 9.63. The van der Waals surface area contributed by atoms with Gasteiger partial charge in [-0.3, -0.25) is 5.41 Å². The van der Waals surface area contributed by atoms with Crippen molar-refractivity contribution in [2.24, 2.45) is 11.7 Å². The molecule has 0 amide bonds. The first-order valence-corrected chi connectivity index (χ1v) is 5.09. The molecule has 0 aliphatic carbocycles. The molecule has 0 saturated carbocycles. The van der Waals surface area contributed by atoms with Crippen molar-refractivity contribution in [3.8, 4) is 0 Å². The molecule has 1 rings (SSSR count). The van der Waals surface area contributed by atoms with Crippen molar-refractivity contribution >= 4 is 11.5 Å². The van der Waals surface area contributed by atoms with E-state index < -0.39 is 30.3 Å². The van der Waals surface area contributed by atoms with E-state index in [2.05, 4.69) is 0 Å². The van der Waals surface area contributed by atoms with Crippen molar-refractivity contribution in [2.45, 2.75) is 6.18 Å². The van der Waals surface area contributed by atoms with E-state index in [1.165, 1.54) is 30.1 Å². The van der Waals surface area contributed by atoms with Crippen LogP contribution in [0.25, 0.3) is 0 Å². The van der Waals surface area contributed by atoms with E-state index >= 15 is 0 Å². The van der Waals surface area contributed by atoms with Crippen molar-refractivity contribution in [1.29, 1.82) is 5.41 Å². The molecular formula is C11H13F4N3. The fraction of sp³-hybridized carbons (Fsp3) is 0.364. The molecule has 0 aromatic heterocycles. The monoisotopic (exact) mass is 263 g/mol. The Kier molecular flexibility index (Phi) is 4.15. The lowest BCUT2D eigenvalue weighted by atomic mass is 10.1. The summed E-state index contributed by atoms with van der Waals surface area (Å²) < 4.78 is 50.8. The molecule has 0 radical (unpaired) electrons. The van der Waals surface area contributed by atoms with Gasteiger partial charge in [0, 0.05) is 19.3 Å². The molecule has 0 aliphatic rings. The first-order valence-electron chi connectivity index (χ1n) is 5.09. The van der Waals surface area contributed by atoms with Crippen LogP contribution in [0.3, 0.4) is 0 Å². The molecule has 1 aromatic carbocycles. The highest BCUT2D eigenvalue weighted by Gasteiger charge is 2.42. The first-order chi connectivity index (χ1) is 8.21. The van der Waals surface area contributed by atoms with Gasteiger partial charge in [-0.05, 0) is 18.2 Å². The number of halogens is 4. The summed E-state index contributed by atoms with van der Waals surface area (Å²) in [5, 5.41) is 6.96. The predicted molar refractivity (Wildman–Crippen MR) is 61.1 cm³/mol. The lowest BCUT2D eigenvalue weighted by Crippen LogP contribution is -2.43. The zero-order chi connectivity index (χ0) is 13.9. The second kappa shape index (κ2) is 5.24. The van der Waals surface area contributed by atoms with E-state index in [1.807, 2.05) is 0 Å². The summed E-state index contributed by atoms with van der Waals surface area (Å²) in [6.07, 6.45) is -4.59. The Labute approximate surface area is 102 Å². The maximum Gasteiger partial charge on any atom is 0.400 e. The number of rotatable bonds is 4. The summed E-state index contributed by atoms with van der Waals surface area (Å²) in [6.45, 7) is -0.526. The van der Waals surface area contributed by atoms with Gasteiger partial charge in [0.05, 0.1) is 0 Å². The molecule has 1 atom stereocenters. The van der Waals surface area contributed by atoms with Crippen LogP contribution in [0.4, 0.5) is 23.2 Å². The van der Waals surface area contributed by atoms with Crippen LogP contribution in [0.15, 0.2) is 24.3 Å². The van der Waals surface area contributed by atoms with Gasteiger partial charge in [0.25, 0.3) is 0 Å². The summed E-state index contributed by atoms with van der Waals surface area (Å²) >= 11 is 0. The topological polar surface area (TPSA) is 53.1 Å². The number of benzene rings is 1. The van der Waals surface area contributed by atoms with Crippen molar-refractivity contribution in [3.05, 3.63) is 30.1 Å². The van der Waals surface area contributed by atoms with Crippen LogP contribution in [0.5, 0.6) is 0 Å². The average molecular weight is 263 g/mol. The third kappa shape index (κ3) is 3.61. The van der Waals surface area contributed by atoms with Crippen LogP contribution in [0.1, 0.15) is 0 Å². The molecular weight excluding hydrogens is 250 g/mol. The molecule has 0 heterocycles. The molecule has 1 aromatic rings. The SMILES string of the molecule is CN(CC(C(=N)N)C(F)(F)F)c1cccc(F)c1. The van der Waals surface area contributed by atoms with Gasteiger partial charge in [0.1, 0.15) is 17.6 Å². The number of hydrogen-bond acceptors (Lipinski definition) is 2. The van der Waals surface area contributed by atoms with E-state index in [0.29, 0.717) is 5.69 Å². The zero-order valence-electron chi connectivity index (χ0n) is 9.63. The van der Waals surface area contributed by atoms with Gasteiger partial charge in [-0.15, -0.1) is 0 Å². The Bertz CT molecular complexity index is 431. The molecule has 3 N–H and O–H groups in total. The summed E-state index contributed by atoms with van der Waals surface area (Å²) in [7, 11) is 1.39. The van der Waals surface area contributed by atoms with Gasteiger partial charge in [-0.2, -0.15) is 13.2 Å². The van der Waals surface area contributed by atoms with Crippen molar-refractivity contribution < 1.29 is 17.6 Å². The number of nitrogens with zero attached hydrogens (tertiary/aromatic N) is 1. The van der Waals surface area contributed by atoms with Gasteiger partial charge < -0.3 is 10.6 Å². The smallest absolute Gasteiger partial charge is 0.387 e. The minimum absolute atomic E-state index is 0.297. The van der Waals surface area contributed by atoms with Gasteiger partial charge in [0.15, 0.2) is 0 Å². The highest BCUT2D eigenvalue weighted by atomic mass is 19.4. The molecule has 7 heteroatoms. The largest absolute Gasteiger partial charge is 0.400 e. The molecule has 0 aliphatic heterocycles. The average Bonchev–Trinajstić information content (AvgIpc) is 2.23. The third-order valence-corrected chi connectivity index (χ3v) is 2.48. The van der Waals surface area contributed by atoms with Crippen LogP contribution in [0.2, 0.25) is 0 Å². The summed E-state index contributed by atoms with van der Waals surface area (Å²) in [4.78, 5) is 1.21. The summed E-state index contributed by atoms with van der Waals surface area (Å²) in [6, 6.07) is 5.20. The number of anilines is 1. The Hall–Kier alpha value is -1.79. The van der Waals surface area contributed by atoms with Crippen molar-refractivity contribution in [1.82, 2.24) is 0 Å². The van der Waals surface area contributed by atoms with Crippen LogP contribution < -0.4 is 10.6 Å². The van der Waals surface area contributed by atoms with Crippen LogP contribution in [-0.2, 0) is 0 Å². The van der Waals surface area contributed by atoms with Crippen molar-refractivity contribution in [2.75, 3.05) is 18.5 Å². The second-order valence-electron chi connectivity index (χ2n) is 3.91. The molecule has 100 valence electrons. The molecule has 0 saturated heterocycles. The third-order valence-electron chi connectivity index (χ3n) is 2.48. The quantitative estimate of drug-likeness (QED) is 0.498. The predicted octanol–water partition coefficient (Wildman–Crippen LogP) is 2.38. The van der Waals surface area contributed by atoms with E-state index in [1.54, 1.807) is 0 Å². The minimum atomic E-state index is -4.59. The highest BCUT2D eigenvalue weighted by molar-refractivity contribution is 5.81. The lowest BCUT2D eigenvalue weighted by molar-refractivity contribution is -0.153. The van der Waals surface area contributed by atoms with E-state index in [4.69, 9.17) is 11.1 Å². The maximum atomic E-state index is 12.9. The summed E-state index contributed by atoms with van der Waals surface area (Å²) in [5.41, 5.74) is 5.24. The lowest BCUT2D eigenvalue weighted by Gasteiger charge is -2.26. The molecule has 3 nitrogen and oxygen atoms in total. The number of hydrogen-bond donors (Lipinski definition) is 2.